The minimum Gasteiger partial charge on any atom is -0.444 e. The fraction of sp³-hybridized carbons (Fsp3) is 0.318. The summed E-state index contributed by atoms with van der Waals surface area (Å²) in [6.07, 6.45) is 7.76. The molecule has 0 aliphatic heterocycles. The van der Waals surface area contributed by atoms with E-state index in [0.717, 1.165) is 10.4 Å². The summed E-state index contributed by atoms with van der Waals surface area (Å²) < 4.78 is 8.56. The van der Waals surface area contributed by atoms with Crippen LogP contribution >= 0.6 is 11.3 Å². The van der Waals surface area contributed by atoms with Crippen LogP contribution in [0.4, 0.5) is 16.2 Å². The van der Waals surface area contributed by atoms with Gasteiger partial charge in [0.25, 0.3) is 5.91 Å². The van der Waals surface area contributed by atoms with Crippen LogP contribution in [0.25, 0.3) is 15.3 Å². The third-order valence-electron chi connectivity index (χ3n) is 4.67. The Labute approximate surface area is 199 Å². The van der Waals surface area contributed by atoms with Crippen molar-refractivity contribution in [2.45, 2.75) is 39.8 Å². The van der Waals surface area contributed by atoms with Crippen LogP contribution in [0.5, 0.6) is 0 Å². The number of ether oxygens (including phenoxy) is 1. The zero-order valence-corrected chi connectivity index (χ0v) is 20.0. The molecule has 0 unspecified atom stereocenters. The lowest BCUT2D eigenvalue weighted by atomic mass is 10.2. The highest BCUT2D eigenvalue weighted by molar-refractivity contribution is 7.21. The Kier molecular flexibility index (Phi) is 6.35. The molecule has 0 saturated heterocycles. The lowest BCUT2D eigenvalue weighted by Gasteiger charge is -2.19. The van der Waals surface area contributed by atoms with E-state index in [1.165, 1.54) is 23.7 Å². The molecule has 4 aromatic heterocycles. The van der Waals surface area contributed by atoms with Crippen LogP contribution in [0.1, 0.15) is 36.8 Å². The normalized spacial score (nSPS) is 11.6. The summed E-state index contributed by atoms with van der Waals surface area (Å²) in [6.45, 7) is 7.49. The van der Waals surface area contributed by atoms with Crippen LogP contribution in [0.3, 0.4) is 0 Å². The predicted molar refractivity (Wildman–Crippen MR) is 128 cm³/mol. The Balaban J connectivity index is 1.52. The predicted octanol–water partition coefficient (Wildman–Crippen LogP) is 3.55. The topological polar surface area (TPSA) is 136 Å². The highest BCUT2D eigenvalue weighted by Gasteiger charge is 2.19. The van der Waals surface area contributed by atoms with Gasteiger partial charge in [0.05, 0.1) is 59.3 Å². The van der Waals surface area contributed by atoms with Crippen molar-refractivity contribution in [3.8, 4) is 10.4 Å². The second-order valence-electron chi connectivity index (χ2n) is 8.56. The number of aliphatic hydroxyl groups is 1. The first-order chi connectivity index (χ1) is 16.1. The van der Waals surface area contributed by atoms with Crippen LogP contribution in [-0.4, -0.2) is 53.7 Å². The summed E-state index contributed by atoms with van der Waals surface area (Å²) in [5, 5.41) is 23.1. The van der Waals surface area contributed by atoms with Crippen molar-refractivity contribution >= 4 is 39.5 Å². The molecule has 4 heterocycles. The molecule has 178 valence electrons. The highest BCUT2D eigenvalue weighted by atomic mass is 32.1. The van der Waals surface area contributed by atoms with Crippen molar-refractivity contribution in [1.82, 2.24) is 24.4 Å². The number of aliphatic hydroxyl groups excluding tert-OH is 1. The Hall–Kier alpha value is -3.77. The molecule has 0 aliphatic rings. The average molecular weight is 484 g/mol. The van der Waals surface area contributed by atoms with Crippen molar-refractivity contribution in [3.05, 3.63) is 48.3 Å². The third-order valence-corrected chi connectivity index (χ3v) is 5.83. The number of amides is 2. The molecule has 0 aromatic carbocycles. The molecule has 3 N–H and O–H groups in total. The summed E-state index contributed by atoms with van der Waals surface area (Å²) in [7, 11) is 0. The molecule has 0 saturated carbocycles. The van der Waals surface area contributed by atoms with Gasteiger partial charge in [-0.05, 0) is 33.8 Å². The fourth-order valence-corrected chi connectivity index (χ4v) is 4.16. The first-order valence-corrected chi connectivity index (χ1v) is 11.3. The number of nitrogens with zero attached hydrogens (tertiary/aromatic N) is 5. The average Bonchev–Trinajstić information content (AvgIpc) is 3.44. The van der Waals surface area contributed by atoms with Gasteiger partial charge in [0.1, 0.15) is 10.4 Å². The van der Waals surface area contributed by atoms with Gasteiger partial charge in [-0.1, -0.05) is 0 Å². The van der Waals surface area contributed by atoms with Crippen LogP contribution in [0, 0.1) is 6.92 Å². The molecular weight excluding hydrogens is 458 g/mol. The van der Waals surface area contributed by atoms with Gasteiger partial charge in [-0.2, -0.15) is 10.2 Å². The lowest BCUT2D eigenvalue weighted by molar-refractivity contribution is 0.0635. The molecule has 11 nitrogen and oxygen atoms in total. The number of aromatic nitrogens is 5. The number of rotatable bonds is 6. The molecule has 34 heavy (non-hydrogen) atoms. The molecule has 0 aliphatic carbocycles. The maximum Gasteiger partial charge on any atom is 0.412 e. The molecule has 0 atom stereocenters. The number of anilines is 2. The number of aryl methyl sites for hydroxylation is 1. The largest absolute Gasteiger partial charge is 0.444 e. The van der Waals surface area contributed by atoms with Gasteiger partial charge in [-0.15, -0.1) is 11.3 Å². The smallest absolute Gasteiger partial charge is 0.412 e. The molecular formula is C22H25N7O4S. The second kappa shape index (κ2) is 9.23. The summed E-state index contributed by atoms with van der Waals surface area (Å²) in [5.74, 6) is -0.348. The molecule has 12 heteroatoms. The highest BCUT2D eigenvalue weighted by Crippen LogP contribution is 2.30. The van der Waals surface area contributed by atoms with E-state index in [-0.39, 0.29) is 12.5 Å². The molecule has 4 aromatic rings. The van der Waals surface area contributed by atoms with Crippen LogP contribution in [0.15, 0.2) is 37.1 Å². The van der Waals surface area contributed by atoms with E-state index in [9.17, 15) is 9.59 Å². The fourth-order valence-electron chi connectivity index (χ4n) is 3.13. The molecule has 2 amide bonds. The van der Waals surface area contributed by atoms with E-state index < -0.39 is 11.7 Å². The van der Waals surface area contributed by atoms with E-state index >= 15 is 0 Å². The van der Waals surface area contributed by atoms with Crippen molar-refractivity contribution < 1.29 is 19.4 Å². The van der Waals surface area contributed by atoms with Crippen molar-refractivity contribution in [3.63, 3.8) is 0 Å². The third kappa shape index (κ3) is 5.24. The summed E-state index contributed by atoms with van der Waals surface area (Å²) in [6, 6.07) is 1.63. The minimum atomic E-state index is -0.635. The van der Waals surface area contributed by atoms with E-state index in [2.05, 4.69) is 25.8 Å². The summed E-state index contributed by atoms with van der Waals surface area (Å²) in [5.41, 5.74) is 2.09. The Morgan fingerprint density at radius 1 is 1.15 bits per heavy atom. The number of hydrogen-bond acceptors (Lipinski definition) is 8. The van der Waals surface area contributed by atoms with Crippen molar-refractivity contribution in [2.75, 3.05) is 17.2 Å². The monoisotopic (exact) mass is 483 g/mol. The lowest BCUT2D eigenvalue weighted by Crippen LogP contribution is -2.27. The van der Waals surface area contributed by atoms with Gasteiger partial charge in [0.15, 0.2) is 0 Å². The number of pyridine rings is 1. The minimum absolute atomic E-state index is 0.00195. The molecule has 0 radical (unpaired) electrons. The van der Waals surface area contributed by atoms with Crippen LogP contribution in [-0.2, 0) is 11.3 Å². The Bertz CT molecular complexity index is 1350. The zero-order chi connectivity index (χ0) is 24.5. The molecule has 4 rings (SSSR count). The van der Waals surface area contributed by atoms with Gasteiger partial charge in [-0.3, -0.25) is 19.8 Å². The van der Waals surface area contributed by atoms with Crippen LogP contribution in [0.2, 0.25) is 0 Å². The van der Waals surface area contributed by atoms with Gasteiger partial charge in [-0.25, -0.2) is 9.31 Å². The van der Waals surface area contributed by atoms with E-state index in [4.69, 9.17) is 9.84 Å². The Morgan fingerprint density at radius 3 is 2.68 bits per heavy atom. The SMILES string of the molecule is Cc1ncc(NC(=O)OC(C)(C)C)cc1NC(=O)c1cnn2cc(-c3cnn(CCO)c3)sc12. The van der Waals surface area contributed by atoms with Gasteiger partial charge >= 0.3 is 6.09 Å². The number of nitrogens with one attached hydrogen (secondary N) is 2. The maximum atomic E-state index is 13.1. The zero-order valence-electron chi connectivity index (χ0n) is 19.2. The standard InChI is InChI=1S/C22H25N7O4S/c1-13-17(7-15(9-23-13)26-21(32)33-22(2,3)4)27-19(31)16-10-25-29-12-18(34-20(16)29)14-8-24-28(11-14)5-6-30/h7-12,30H,5-6H2,1-4H3,(H,26,32)(H,27,31). The molecule has 0 fully saturated rings. The van der Waals surface area contributed by atoms with Crippen molar-refractivity contribution in [1.29, 1.82) is 0 Å². The first kappa shape index (κ1) is 23.4. The van der Waals surface area contributed by atoms with Crippen LogP contribution < -0.4 is 10.6 Å². The van der Waals surface area contributed by atoms with Gasteiger partial charge < -0.3 is 15.2 Å². The van der Waals surface area contributed by atoms with E-state index in [0.29, 0.717) is 34.0 Å². The number of thiazole rings is 1. The second-order valence-corrected chi connectivity index (χ2v) is 9.59. The maximum absolute atomic E-state index is 13.1. The quantitative estimate of drug-likeness (QED) is 0.381. The number of carbonyl (C=O) groups is 2. The number of fused-ring (bicyclic) bond motifs is 1. The molecule has 0 spiro atoms. The van der Waals surface area contributed by atoms with Gasteiger partial charge in [0, 0.05) is 18.0 Å². The number of hydrogen-bond donors (Lipinski definition) is 3. The summed E-state index contributed by atoms with van der Waals surface area (Å²) in [4.78, 5) is 30.9. The first-order valence-electron chi connectivity index (χ1n) is 10.5. The van der Waals surface area contributed by atoms with E-state index in [1.54, 1.807) is 49.2 Å². The summed E-state index contributed by atoms with van der Waals surface area (Å²) >= 11 is 1.41. The number of carbonyl (C=O) groups excluding carboxylic acids is 2. The van der Waals surface area contributed by atoms with E-state index in [1.807, 2.05) is 12.4 Å². The van der Waals surface area contributed by atoms with Crippen molar-refractivity contribution in [2.24, 2.45) is 0 Å². The Morgan fingerprint density at radius 2 is 1.94 bits per heavy atom. The molecule has 0 bridgehead atoms. The van der Waals surface area contributed by atoms with Gasteiger partial charge in [0.2, 0.25) is 0 Å².